The summed E-state index contributed by atoms with van der Waals surface area (Å²) in [5.74, 6) is 1.74. The van der Waals surface area contributed by atoms with Crippen molar-refractivity contribution < 1.29 is 0 Å². The maximum absolute atomic E-state index is 6.40. The van der Waals surface area contributed by atoms with Gasteiger partial charge in [-0.3, -0.25) is 0 Å². The predicted octanol–water partition coefficient (Wildman–Crippen LogP) is 2.16. The van der Waals surface area contributed by atoms with E-state index in [0.717, 1.165) is 24.6 Å². The lowest BCUT2D eigenvalue weighted by Crippen LogP contribution is -2.42. The Morgan fingerprint density at radius 1 is 1.71 bits per heavy atom. The lowest BCUT2D eigenvalue weighted by atomic mass is 9.75. The number of aromatic nitrogens is 2. The van der Waals surface area contributed by atoms with Gasteiger partial charge in [0.05, 0.1) is 5.54 Å². The highest BCUT2D eigenvalue weighted by Crippen LogP contribution is 2.37. The van der Waals surface area contributed by atoms with Crippen molar-refractivity contribution >= 4 is 0 Å². The van der Waals surface area contributed by atoms with Gasteiger partial charge in [0.1, 0.15) is 5.82 Å². The molecule has 1 heterocycles. The number of imidazole rings is 1. The highest BCUT2D eigenvalue weighted by Gasteiger charge is 2.35. The van der Waals surface area contributed by atoms with Crippen LogP contribution in [0, 0.1) is 5.92 Å². The number of nitrogens with zero attached hydrogens (tertiary/aromatic N) is 1. The van der Waals surface area contributed by atoms with Gasteiger partial charge < -0.3 is 10.7 Å². The van der Waals surface area contributed by atoms with Gasteiger partial charge >= 0.3 is 0 Å². The Morgan fingerprint density at radius 3 is 3.21 bits per heavy atom. The van der Waals surface area contributed by atoms with Crippen molar-refractivity contribution in [2.75, 3.05) is 0 Å². The number of aromatic amines is 1. The van der Waals surface area contributed by atoms with Gasteiger partial charge in [-0.1, -0.05) is 26.2 Å². The van der Waals surface area contributed by atoms with Gasteiger partial charge in [0.2, 0.25) is 0 Å². The molecule has 0 spiro atoms. The summed E-state index contributed by atoms with van der Waals surface area (Å²) >= 11 is 0. The van der Waals surface area contributed by atoms with Crippen LogP contribution in [0.1, 0.15) is 44.9 Å². The maximum Gasteiger partial charge on any atom is 0.126 e. The Kier molecular flexibility index (Phi) is 2.59. The average Bonchev–Trinajstić information content (AvgIpc) is 2.71. The van der Waals surface area contributed by atoms with Gasteiger partial charge in [0.25, 0.3) is 0 Å². The van der Waals surface area contributed by atoms with Gasteiger partial charge in [-0.15, -0.1) is 0 Å². The molecule has 14 heavy (non-hydrogen) atoms. The van der Waals surface area contributed by atoms with Gasteiger partial charge in [-0.25, -0.2) is 4.98 Å². The largest absolute Gasteiger partial charge is 0.347 e. The zero-order valence-electron chi connectivity index (χ0n) is 8.79. The minimum absolute atomic E-state index is 0.192. The highest BCUT2D eigenvalue weighted by atomic mass is 15.0. The Morgan fingerprint density at radius 2 is 2.57 bits per heavy atom. The molecule has 0 radical (unpaired) electrons. The molecule has 1 aromatic heterocycles. The number of hydrogen-bond donors (Lipinski definition) is 2. The van der Waals surface area contributed by atoms with E-state index >= 15 is 0 Å². The van der Waals surface area contributed by atoms with Crippen LogP contribution in [0.3, 0.4) is 0 Å². The summed E-state index contributed by atoms with van der Waals surface area (Å²) in [6.07, 6.45) is 9.60. The molecule has 0 saturated heterocycles. The van der Waals surface area contributed by atoms with Gasteiger partial charge in [-0.05, 0) is 18.8 Å². The fraction of sp³-hybridized carbons (Fsp3) is 0.727. The summed E-state index contributed by atoms with van der Waals surface area (Å²) in [5.41, 5.74) is 6.20. The third-order valence-electron chi connectivity index (χ3n) is 3.44. The molecule has 0 aromatic carbocycles. The zero-order valence-corrected chi connectivity index (χ0v) is 8.79. The normalized spacial score (nSPS) is 33.1. The van der Waals surface area contributed by atoms with Crippen molar-refractivity contribution in [3.05, 3.63) is 18.2 Å². The molecule has 1 aliphatic rings. The smallest absolute Gasteiger partial charge is 0.126 e. The van der Waals surface area contributed by atoms with Crippen LogP contribution in [-0.4, -0.2) is 9.97 Å². The SMILES string of the molecule is CC[C@H]1CCC[C@](N)(c2ncc[nH]2)C1. The fourth-order valence-corrected chi connectivity index (χ4v) is 2.53. The molecule has 1 aliphatic carbocycles. The van der Waals surface area contributed by atoms with Crippen LogP contribution in [-0.2, 0) is 5.54 Å². The van der Waals surface area contributed by atoms with E-state index in [-0.39, 0.29) is 5.54 Å². The molecule has 0 aliphatic heterocycles. The Balaban J connectivity index is 2.15. The van der Waals surface area contributed by atoms with Crippen LogP contribution in [0.2, 0.25) is 0 Å². The number of H-pyrrole nitrogens is 1. The summed E-state index contributed by atoms with van der Waals surface area (Å²) in [6.45, 7) is 2.25. The topological polar surface area (TPSA) is 54.7 Å². The highest BCUT2D eigenvalue weighted by molar-refractivity contribution is 5.07. The van der Waals surface area contributed by atoms with Crippen LogP contribution in [0.5, 0.6) is 0 Å². The van der Waals surface area contributed by atoms with Crippen LogP contribution < -0.4 is 5.73 Å². The van der Waals surface area contributed by atoms with Crippen molar-refractivity contribution in [1.29, 1.82) is 0 Å². The minimum atomic E-state index is -0.192. The second-order valence-electron chi connectivity index (χ2n) is 4.46. The lowest BCUT2D eigenvalue weighted by molar-refractivity contribution is 0.212. The number of hydrogen-bond acceptors (Lipinski definition) is 2. The van der Waals surface area contributed by atoms with Gasteiger partial charge in [0.15, 0.2) is 0 Å². The van der Waals surface area contributed by atoms with E-state index in [2.05, 4.69) is 16.9 Å². The average molecular weight is 193 g/mol. The Bertz CT molecular complexity index is 281. The summed E-state index contributed by atoms with van der Waals surface area (Å²) < 4.78 is 0. The van der Waals surface area contributed by atoms with Crippen LogP contribution in [0.25, 0.3) is 0 Å². The molecule has 3 heteroatoms. The summed E-state index contributed by atoms with van der Waals surface area (Å²) in [7, 11) is 0. The van der Waals surface area contributed by atoms with Gasteiger partial charge in [-0.2, -0.15) is 0 Å². The third-order valence-corrected chi connectivity index (χ3v) is 3.44. The monoisotopic (exact) mass is 193 g/mol. The summed E-state index contributed by atoms with van der Waals surface area (Å²) in [5, 5.41) is 0. The molecule has 3 N–H and O–H groups in total. The van der Waals surface area contributed by atoms with Crippen molar-refractivity contribution in [1.82, 2.24) is 9.97 Å². The minimum Gasteiger partial charge on any atom is -0.347 e. The van der Waals surface area contributed by atoms with E-state index in [1.165, 1.54) is 19.3 Å². The third kappa shape index (κ3) is 1.69. The molecule has 1 aromatic rings. The first kappa shape index (κ1) is 9.71. The molecule has 0 unspecified atom stereocenters. The molecule has 1 fully saturated rings. The van der Waals surface area contributed by atoms with E-state index in [9.17, 15) is 0 Å². The van der Waals surface area contributed by atoms with E-state index in [0.29, 0.717) is 0 Å². The second-order valence-corrected chi connectivity index (χ2v) is 4.46. The zero-order chi connectivity index (χ0) is 10.0. The van der Waals surface area contributed by atoms with E-state index in [1.807, 2.05) is 6.20 Å². The molecule has 1 saturated carbocycles. The first-order chi connectivity index (χ1) is 6.74. The molecular weight excluding hydrogens is 174 g/mol. The standard InChI is InChI=1S/C11H19N3/c1-2-9-4-3-5-11(12,8-9)10-13-6-7-14-10/h6-7,9H,2-5,8,12H2,1H3,(H,13,14)/t9-,11+/m0/s1. The van der Waals surface area contributed by atoms with Crippen molar-refractivity contribution in [3.63, 3.8) is 0 Å². The molecule has 0 amide bonds. The quantitative estimate of drug-likeness (QED) is 0.756. The summed E-state index contributed by atoms with van der Waals surface area (Å²) in [4.78, 5) is 7.46. The van der Waals surface area contributed by atoms with Crippen molar-refractivity contribution in [3.8, 4) is 0 Å². The predicted molar refractivity (Wildman–Crippen MR) is 56.7 cm³/mol. The first-order valence-electron chi connectivity index (χ1n) is 5.53. The van der Waals surface area contributed by atoms with Crippen molar-refractivity contribution in [2.24, 2.45) is 11.7 Å². The Labute approximate surface area is 85.1 Å². The fourth-order valence-electron chi connectivity index (χ4n) is 2.53. The van der Waals surface area contributed by atoms with E-state index in [1.54, 1.807) is 6.20 Å². The number of nitrogens with one attached hydrogen (secondary N) is 1. The van der Waals surface area contributed by atoms with Gasteiger partial charge in [0, 0.05) is 12.4 Å². The Hall–Kier alpha value is -0.830. The van der Waals surface area contributed by atoms with Crippen LogP contribution >= 0.6 is 0 Å². The van der Waals surface area contributed by atoms with Crippen LogP contribution in [0.15, 0.2) is 12.4 Å². The molecule has 2 atom stereocenters. The van der Waals surface area contributed by atoms with E-state index in [4.69, 9.17) is 5.73 Å². The molecule has 2 rings (SSSR count). The van der Waals surface area contributed by atoms with E-state index < -0.39 is 0 Å². The van der Waals surface area contributed by atoms with Crippen molar-refractivity contribution in [2.45, 2.75) is 44.6 Å². The number of nitrogens with two attached hydrogens (primary N) is 1. The molecule has 0 bridgehead atoms. The lowest BCUT2D eigenvalue weighted by Gasteiger charge is -2.36. The second kappa shape index (κ2) is 3.73. The molecule has 78 valence electrons. The van der Waals surface area contributed by atoms with Crippen LogP contribution in [0.4, 0.5) is 0 Å². The molecule has 3 nitrogen and oxygen atoms in total. The maximum atomic E-state index is 6.40. The number of rotatable bonds is 2. The first-order valence-corrected chi connectivity index (χ1v) is 5.53. The summed E-state index contributed by atoms with van der Waals surface area (Å²) in [6, 6.07) is 0. The molecular formula is C11H19N3.